The molecule has 1 fully saturated rings. The Hall–Kier alpha value is -1.59. The molecule has 0 saturated heterocycles. The molecular weight excluding hydrogens is 210 g/mol. The molecule has 16 heavy (non-hydrogen) atoms. The molecule has 0 aliphatic heterocycles. The first-order chi connectivity index (χ1) is 7.56. The van der Waals surface area contributed by atoms with Crippen LogP contribution in [-0.4, -0.2) is 34.4 Å². The molecule has 3 amide bonds. The SMILES string of the molecule is CC(=O)NN(C(C)=O)N(C=O)C1CCCC1. The molecule has 1 aliphatic carbocycles. The number of rotatable bonds is 3. The second kappa shape index (κ2) is 5.48. The Morgan fingerprint density at radius 2 is 1.81 bits per heavy atom. The predicted molar refractivity (Wildman–Crippen MR) is 56.5 cm³/mol. The third kappa shape index (κ3) is 2.95. The van der Waals surface area contributed by atoms with Crippen LogP contribution in [0.5, 0.6) is 0 Å². The van der Waals surface area contributed by atoms with Crippen LogP contribution in [0, 0.1) is 0 Å². The number of hydrogen-bond acceptors (Lipinski definition) is 3. The van der Waals surface area contributed by atoms with Gasteiger partial charge in [-0.05, 0) is 12.8 Å². The lowest BCUT2D eigenvalue weighted by molar-refractivity contribution is -0.171. The zero-order valence-electron chi connectivity index (χ0n) is 9.60. The molecule has 6 nitrogen and oxygen atoms in total. The maximum Gasteiger partial charge on any atom is 0.257 e. The van der Waals surface area contributed by atoms with Gasteiger partial charge in [0.25, 0.3) is 5.91 Å². The fraction of sp³-hybridized carbons (Fsp3) is 0.700. The fourth-order valence-corrected chi connectivity index (χ4v) is 1.91. The number of hydrazine groups is 2. The van der Waals surface area contributed by atoms with Crippen LogP contribution in [0.25, 0.3) is 0 Å². The Morgan fingerprint density at radius 3 is 2.19 bits per heavy atom. The van der Waals surface area contributed by atoms with E-state index in [1.54, 1.807) is 0 Å². The summed E-state index contributed by atoms with van der Waals surface area (Å²) in [5.74, 6) is -0.755. The zero-order valence-corrected chi connectivity index (χ0v) is 9.60. The van der Waals surface area contributed by atoms with E-state index in [9.17, 15) is 14.4 Å². The van der Waals surface area contributed by atoms with Crippen LogP contribution in [0.2, 0.25) is 0 Å². The molecule has 0 aromatic carbocycles. The van der Waals surface area contributed by atoms with Crippen molar-refractivity contribution >= 4 is 18.2 Å². The van der Waals surface area contributed by atoms with Gasteiger partial charge in [0.05, 0.1) is 6.04 Å². The summed E-state index contributed by atoms with van der Waals surface area (Å²) in [6.07, 6.45) is 4.40. The molecule has 0 atom stereocenters. The van der Waals surface area contributed by atoms with Gasteiger partial charge >= 0.3 is 0 Å². The van der Waals surface area contributed by atoms with Gasteiger partial charge < -0.3 is 0 Å². The van der Waals surface area contributed by atoms with Crippen LogP contribution in [0.3, 0.4) is 0 Å². The summed E-state index contributed by atoms with van der Waals surface area (Å²) in [7, 11) is 0. The van der Waals surface area contributed by atoms with Gasteiger partial charge in [0.2, 0.25) is 12.3 Å². The van der Waals surface area contributed by atoms with Gasteiger partial charge in [-0.2, -0.15) is 5.12 Å². The largest absolute Gasteiger partial charge is 0.277 e. The van der Waals surface area contributed by atoms with Crippen molar-refractivity contribution in [2.45, 2.75) is 45.6 Å². The first kappa shape index (κ1) is 12.5. The third-order valence-electron chi connectivity index (χ3n) is 2.60. The van der Waals surface area contributed by atoms with Crippen LogP contribution < -0.4 is 5.43 Å². The van der Waals surface area contributed by atoms with Crippen molar-refractivity contribution in [3.05, 3.63) is 0 Å². The van der Waals surface area contributed by atoms with Gasteiger partial charge in [-0.3, -0.25) is 14.4 Å². The van der Waals surface area contributed by atoms with E-state index in [1.165, 1.54) is 18.9 Å². The summed E-state index contributed by atoms with van der Waals surface area (Å²) in [5.41, 5.74) is 2.35. The molecule has 1 rings (SSSR count). The number of nitrogens with zero attached hydrogens (tertiary/aromatic N) is 2. The lowest BCUT2D eigenvalue weighted by atomic mass is 10.2. The van der Waals surface area contributed by atoms with E-state index in [4.69, 9.17) is 0 Å². The van der Waals surface area contributed by atoms with E-state index in [0.29, 0.717) is 6.41 Å². The van der Waals surface area contributed by atoms with E-state index >= 15 is 0 Å². The minimum atomic E-state index is -0.380. The molecular formula is C10H17N3O3. The van der Waals surface area contributed by atoms with Gasteiger partial charge in [-0.15, -0.1) is 0 Å². The molecule has 0 spiro atoms. The zero-order chi connectivity index (χ0) is 12.1. The maximum absolute atomic E-state index is 11.3. The topological polar surface area (TPSA) is 69.7 Å². The van der Waals surface area contributed by atoms with Crippen molar-refractivity contribution in [1.82, 2.24) is 15.6 Å². The number of nitrogens with one attached hydrogen (secondary N) is 1. The first-order valence-corrected chi connectivity index (χ1v) is 5.37. The molecule has 0 aromatic heterocycles. The second-order valence-corrected chi connectivity index (χ2v) is 3.92. The highest BCUT2D eigenvalue weighted by Gasteiger charge is 2.28. The molecule has 0 unspecified atom stereocenters. The average Bonchev–Trinajstić information content (AvgIpc) is 2.70. The highest BCUT2D eigenvalue weighted by Crippen LogP contribution is 2.23. The Balaban J connectivity index is 2.75. The van der Waals surface area contributed by atoms with Gasteiger partial charge in [0.1, 0.15) is 0 Å². The third-order valence-corrected chi connectivity index (χ3v) is 2.60. The molecule has 0 heterocycles. The van der Waals surface area contributed by atoms with E-state index in [1.807, 2.05) is 0 Å². The first-order valence-electron chi connectivity index (χ1n) is 5.37. The van der Waals surface area contributed by atoms with E-state index < -0.39 is 0 Å². The Kier molecular flexibility index (Phi) is 4.28. The number of carbonyl (C=O) groups is 3. The van der Waals surface area contributed by atoms with E-state index in [-0.39, 0.29) is 17.9 Å². The Labute approximate surface area is 94.5 Å². The molecule has 0 bridgehead atoms. The minimum Gasteiger partial charge on any atom is -0.277 e. The summed E-state index contributed by atoms with van der Waals surface area (Å²) in [6.45, 7) is 2.61. The van der Waals surface area contributed by atoms with Crippen molar-refractivity contribution in [3.63, 3.8) is 0 Å². The molecule has 0 radical (unpaired) electrons. The van der Waals surface area contributed by atoms with Gasteiger partial charge in [-0.25, -0.2) is 10.4 Å². The molecule has 90 valence electrons. The maximum atomic E-state index is 11.3. The number of hydrogen-bond donors (Lipinski definition) is 1. The standard InChI is InChI=1S/C10H17N3O3/c1-8(15)11-13(9(2)16)12(7-14)10-5-3-4-6-10/h7,10H,3-6H2,1-2H3,(H,11,15). The average molecular weight is 227 g/mol. The van der Waals surface area contributed by atoms with Crippen LogP contribution in [0.15, 0.2) is 0 Å². The fourth-order valence-electron chi connectivity index (χ4n) is 1.91. The summed E-state index contributed by atoms with van der Waals surface area (Å²) < 4.78 is 0. The predicted octanol–water partition coefficient (Wildman–Crippen LogP) is 0.202. The van der Waals surface area contributed by atoms with E-state index in [0.717, 1.165) is 30.8 Å². The van der Waals surface area contributed by atoms with Gasteiger partial charge in [0.15, 0.2) is 0 Å². The van der Waals surface area contributed by atoms with Crippen LogP contribution in [0.1, 0.15) is 39.5 Å². The normalized spacial score (nSPS) is 15.6. The molecule has 1 aliphatic rings. The van der Waals surface area contributed by atoms with Crippen LogP contribution in [0.4, 0.5) is 0 Å². The number of amides is 3. The van der Waals surface area contributed by atoms with Crippen molar-refractivity contribution in [3.8, 4) is 0 Å². The summed E-state index contributed by atoms with van der Waals surface area (Å²) in [4.78, 5) is 33.3. The van der Waals surface area contributed by atoms with Crippen LogP contribution in [-0.2, 0) is 14.4 Å². The molecule has 1 saturated carbocycles. The van der Waals surface area contributed by atoms with Gasteiger partial charge in [-0.1, -0.05) is 12.8 Å². The van der Waals surface area contributed by atoms with Crippen LogP contribution >= 0.6 is 0 Å². The molecule has 0 aromatic rings. The highest BCUT2D eigenvalue weighted by molar-refractivity contribution is 5.80. The quantitative estimate of drug-likeness (QED) is 0.553. The molecule has 1 N–H and O–H groups in total. The highest BCUT2D eigenvalue weighted by atomic mass is 16.2. The second-order valence-electron chi connectivity index (χ2n) is 3.92. The lowest BCUT2D eigenvalue weighted by Gasteiger charge is -2.34. The number of carbonyl (C=O) groups excluding carboxylic acids is 3. The van der Waals surface area contributed by atoms with E-state index in [2.05, 4.69) is 5.43 Å². The summed E-state index contributed by atoms with van der Waals surface area (Å²) in [5, 5.41) is 2.27. The lowest BCUT2D eigenvalue weighted by Crippen LogP contribution is -2.57. The Bertz CT molecular complexity index is 287. The minimum absolute atomic E-state index is 0.00764. The summed E-state index contributed by atoms with van der Waals surface area (Å²) in [6, 6.07) is 0.00764. The van der Waals surface area contributed by atoms with Crippen molar-refractivity contribution in [2.24, 2.45) is 0 Å². The smallest absolute Gasteiger partial charge is 0.257 e. The summed E-state index contributed by atoms with van der Waals surface area (Å²) >= 11 is 0. The van der Waals surface area contributed by atoms with Crippen molar-refractivity contribution in [1.29, 1.82) is 0 Å². The van der Waals surface area contributed by atoms with Crippen molar-refractivity contribution in [2.75, 3.05) is 0 Å². The van der Waals surface area contributed by atoms with Crippen molar-refractivity contribution < 1.29 is 14.4 Å². The molecule has 6 heteroatoms. The Morgan fingerprint density at radius 1 is 1.25 bits per heavy atom. The monoisotopic (exact) mass is 227 g/mol. The van der Waals surface area contributed by atoms with Gasteiger partial charge in [0, 0.05) is 13.8 Å².